The summed E-state index contributed by atoms with van der Waals surface area (Å²) >= 11 is 1.31. The van der Waals surface area contributed by atoms with Gasteiger partial charge in [0.25, 0.3) is 5.91 Å². The molecule has 4 nitrogen and oxygen atoms in total. The summed E-state index contributed by atoms with van der Waals surface area (Å²) in [7, 11) is 0. The van der Waals surface area contributed by atoms with E-state index in [9.17, 15) is 4.79 Å². The molecule has 2 atom stereocenters. The van der Waals surface area contributed by atoms with Gasteiger partial charge in [0, 0.05) is 24.4 Å². The number of carbonyl (C=O) groups is 1. The number of aromatic nitrogens is 1. The van der Waals surface area contributed by atoms with Gasteiger partial charge in [-0.05, 0) is 30.4 Å². The number of hydrogen-bond acceptors (Lipinski definition) is 4. The van der Waals surface area contributed by atoms with Crippen LogP contribution in [0.2, 0.25) is 0 Å². The van der Waals surface area contributed by atoms with Crippen LogP contribution in [0.5, 0.6) is 0 Å². The molecule has 0 saturated carbocycles. The maximum absolute atomic E-state index is 12.1. The molecule has 0 bridgehead atoms. The van der Waals surface area contributed by atoms with Gasteiger partial charge in [0.05, 0.1) is 17.4 Å². The Morgan fingerprint density at radius 2 is 2.24 bits per heavy atom. The van der Waals surface area contributed by atoms with Crippen molar-refractivity contribution < 1.29 is 9.53 Å². The standard InChI is InChI=1S/C16H18N2O2S/c1-11-14(10-21-18-11)16(19)17-9-13-7-8-20-15(13)12-5-3-2-4-6-12/h2-6,10,13,15H,7-9H2,1H3,(H,17,19)/t13-,15-/m1/s1. The smallest absolute Gasteiger partial charge is 0.254 e. The molecule has 3 rings (SSSR count). The fraction of sp³-hybridized carbons (Fsp3) is 0.375. The number of rotatable bonds is 4. The molecule has 1 fully saturated rings. The van der Waals surface area contributed by atoms with Crippen molar-refractivity contribution >= 4 is 17.4 Å². The molecule has 2 heterocycles. The van der Waals surface area contributed by atoms with E-state index in [0.717, 1.165) is 18.7 Å². The van der Waals surface area contributed by atoms with E-state index in [1.165, 1.54) is 17.1 Å². The minimum Gasteiger partial charge on any atom is -0.373 e. The van der Waals surface area contributed by atoms with Gasteiger partial charge in [-0.1, -0.05) is 30.3 Å². The van der Waals surface area contributed by atoms with E-state index in [4.69, 9.17) is 4.74 Å². The summed E-state index contributed by atoms with van der Waals surface area (Å²) in [5, 5.41) is 4.81. The molecule has 1 aromatic carbocycles. The van der Waals surface area contributed by atoms with Gasteiger partial charge in [0.2, 0.25) is 0 Å². The average molecular weight is 302 g/mol. The lowest BCUT2D eigenvalue weighted by molar-refractivity contribution is 0.0846. The van der Waals surface area contributed by atoms with Crippen LogP contribution < -0.4 is 5.32 Å². The number of hydrogen-bond donors (Lipinski definition) is 1. The second-order valence-electron chi connectivity index (χ2n) is 5.27. The molecule has 0 aliphatic carbocycles. The van der Waals surface area contributed by atoms with Crippen LogP contribution in [-0.4, -0.2) is 23.4 Å². The fourth-order valence-electron chi connectivity index (χ4n) is 2.68. The molecule has 1 N–H and O–H groups in total. The summed E-state index contributed by atoms with van der Waals surface area (Å²) in [6, 6.07) is 10.2. The highest BCUT2D eigenvalue weighted by atomic mass is 32.1. The zero-order valence-electron chi connectivity index (χ0n) is 11.9. The molecule has 1 saturated heterocycles. The van der Waals surface area contributed by atoms with Crippen molar-refractivity contribution in [3.8, 4) is 0 Å². The molecule has 110 valence electrons. The Bertz CT molecular complexity index is 612. The maximum atomic E-state index is 12.1. The summed E-state index contributed by atoms with van der Waals surface area (Å²) in [4.78, 5) is 12.1. The number of ether oxygens (including phenoxy) is 1. The summed E-state index contributed by atoms with van der Waals surface area (Å²) in [5.41, 5.74) is 2.65. The minimum atomic E-state index is -0.0417. The van der Waals surface area contributed by atoms with Crippen molar-refractivity contribution in [2.75, 3.05) is 13.2 Å². The number of nitrogens with zero attached hydrogens (tertiary/aromatic N) is 1. The van der Waals surface area contributed by atoms with Crippen molar-refractivity contribution in [3.05, 3.63) is 52.5 Å². The normalized spacial score (nSPS) is 21.4. The van der Waals surface area contributed by atoms with Crippen molar-refractivity contribution in [2.45, 2.75) is 19.4 Å². The number of nitrogens with one attached hydrogen (secondary N) is 1. The monoisotopic (exact) mass is 302 g/mol. The summed E-state index contributed by atoms with van der Waals surface area (Å²) in [5.74, 6) is 0.281. The lowest BCUT2D eigenvalue weighted by Gasteiger charge is -2.19. The zero-order valence-corrected chi connectivity index (χ0v) is 12.7. The third-order valence-electron chi connectivity index (χ3n) is 3.86. The van der Waals surface area contributed by atoms with Crippen molar-refractivity contribution in [1.29, 1.82) is 0 Å². The van der Waals surface area contributed by atoms with Gasteiger partial charge in [-0.3, -0.25) is 4.79 Å². The highest BCUT2D eigenvalue weighted by Gasteiger charge is 2.29. The number of aryl methyl sites for hydroxylation is 1. The first-order valence-electron chi connectivity index (χ1n) is 7.11. The number of amides is 1. The molecular formula is C16H18N2O2S. The van der Waals surface area contributed by atoms with Gasteiger partial charge in [-0.25, -0.2) is 0 Å². The van der Waals surface area contributed by atoms with Crippen LogP contribution in [0.15, 0.2) is 35.7 Å². The van der Waals surface area contributed by atoms with Crippen LogP contribution in [0, 0.1) is 12.8 Å². The van der Waals surface area contributed by atoms with Crippen LogP contribution in [-0.2, 0) is 4.74 Å². The third-order valence-corrected chi connectivity index (χ3v) is 4.58. The summed E-state index contributed by atoms with van der Waals surface area (Å²) < 4.78 is 9.97. The van der Waals surface area contributed by atoms with Crippen molar-refractivity contribution in [2.24, 2.45) is 5.92 Å². The zero-order chi connectivity index (χ0) is 14.7. The molecule has 21 heavy (non-hydrogen) atoms. The van der Waals surface area contributed by atoms with E-state index in [1.54, 1.807) is 5.38 Å². The molecule has 5 heteroatoms. The lowest BCUT2D eigenvalue weighted by Crippen LogP contribution is -2.30. The largest absolute Gasteiger partial charge is 0.373 e. The molecule has 0 spiro atoms. The van der Waals surface area contributed by atoms with Gasteiger partial charge in [-0.2, -0.15) is 4.37 Å². The number of carbonyl (C=O) groups excluding carboxylic acids is 1. The van der Waals surface area contributed by atoms with E-state index in [-0.39, 0.29) is 12.0 Å². The van der Waals surface area contributed by atoms with Crippen LogP contribution in [0.3, 0.4) is 0 Å². The van der Waals surface area contributed by atoms with E-state index in [0.29, 0.717) is 18.0 Å². The van der Waals surface area contributed by atoms with Crippen LogP contribution >= 0.6 is 11.5 Å². The first-order chi connectivity index (χ1) is 10.3. The molecule has 0 unspecified atom stereocenters. The molecule has 1 amide bonds. The third kappa shape index (κ3) is 3.14. The SMILES string of the molecule is Cc1nscc1C(=O)NC[C@H]1CCO[C@@H]1c1ccccc1. The Labute approximate surface area is 128 Å². The van der Waals surface area contributed by atoms with E-state index >= 15 is 0 Å². The van der Waals surface area contributed by atoms with Crippen LogP contribution in [0.25, 0.3) is 0 Å². The first-order valence-corrected chi connectivity index (χ1v) is 7.95. The molecule has 1 aliphatic heterocycles. The predicted octanol–water partition coefficient (Wildman–Crippen LogP) is 2.96. The topological polar surface area (TPSA) is 51.2 Å². The highest BCUT2D eigenvalue weighted by molar-refractivity contribution is 7.03. The average Bonchev–Trinajstić information content (AvgIpc) is 3.14. The van der Waals surface area contributed by atoms with Gasteiger partial charge in [0.1, 0.15) is 0 Å². The Hall–Kier alpha value is -1.72. The van der Waals surface area contributed by atoms with Gasteiger partial charge in [-0.15, -0.1) is 0 Å². The molecule has 1 aliphatic rings. The van der Waals surface area contributed by atoms with Crippen molar-refractivity contribution in [3.63, 3.8) is 0 Å². The minimum absolute atomic E-state index is 0.0417. The molecule has 0 radical (unpaired) electrons. The molecule has 1 aromatic heterocycles. The highest BCUT2D eigenvalue weighted by Crippen LogP contribution is 2.33. The Kier molecular flexibility index (Phi) is 4.31. The second kappa shape index (κ2) is 6.37. The Morgan fingerprint density at radius 1 is 1.43 bits per heavy atom. The van der Waals surface area contributed by atoms with Gasteiger partial charge < -0.3 is 10.1 Å². The predicted molar refractivity (Wildman–Crippen MR) is 82.4 cm³/mol. The fourth-order valence-corrected chi connectivity index (χ4v) is 3.38. The number of benzene rings is 1. The first kappa shape index (κ1) is 14.2. The lowest BCUT2D eigenvalue weighted by atomic mass is 9.95. The Morgan fingerprint density at radius 3 is 2.95 bits per heavy atom. The van der Waals surface area contributed by atoms with E-state index < -0.39 is 0 Å². The van der Waals surface area contributed by atoms with Crippen molar-refractivity contribution in [1.82, 2.24) is 9.69 Å². The quantitative estimate of drug-likeness (QED) is 0.944. The van der Waals surface area contributed by atoms with Crippen LogP contribution in [0.1, 0.15) is 34.1 Å². The van der Waals surface area contributed by atoms with Crippen LogP contribution in [0.4, 0.5) is 0 Å². The summed E-state index contributed by atoms with van der Waals surface area (Å²) in [6.07, 6.45) is 1.05. The Balaban J connectivity index is 1.62. The van der Waals surface area contributed by atoms with E-state index in [2.05, 4.69) is 21.8 Å². The van der Waals surface area contributed by atoms with Gasteiger partial charge in [0.15, 0.2) is 0 Å². The molecule has 2 aromatic rings. The second-order valence-corrected chi connectivity index (χ2v) is 5.90. The summed E-state index contributed by atoms with van der Waals surface area (Å²) in [6.45, 7) is 3.24. The van der Waals surface area contributed by atoms with Gasteiger partial charge >= 0.3 is 0 Å². The maximum Gasteiger partial charge on any atom is 0.254 e. The van der Waals surface area contributed by atoms with E-state index in [1.807, 2.05) is 25.1 Å². The molecular weight excluding hydrogens is 284 g/mol.